The Hall–Kier alpha value is -2.52. The van der Waals surface area contributed by atoms with E-state index in [9.17, 15) is 18.5 Å². The van der Waals surface area contributed by atoms with E-state index in [1.807, 2.05) is 0 Å². The van der Waals surface area contributed by atoms with Crippen molar-refractivity contribution in [2.75, 3.05) is 11.9 Å². The SMILES string of the molecule is CN(Cc1ccccn1)c1cccc(S(N)(=O)=O)c1[N+](=O)[O-]. The lowest BCUT2D eigenvalue weighted by atomic mass is 10.2. The van der Waals surface area contributed by atoms with E-state index in [2.05, 4.69) is 4.98 Å². The zero-order valence-corrected chi connectivity index (χ0v) is 12.5. The maximum atomic E-state index is 11.5. The second-order valence-electron chi connectivity index (χ2n) is 4.60. The lowest BCUT2D eigenvalue weighted by Gasteiger charge is -2.19. The summed E-state index contributed by atoms with van der Waals surface area (Å²) in [5, 5.41) is 16.3. The molecule has 0 aliphatic carbocycles. The fourth-order valence-electron chi connectivity index (χ4n) is 2.05. The highest BCUT2D eigenvalue weighted by atomic mass is 32.2. The van der Waals surface area contributed by atoms with Crippen LogP contribution in [0, 0.1) is 10.1 Å². The van der Waals surface area contributed by atoms with Crippen molar-refractivity contribution in [2.45, 2.75) is 11.4 Å². The molecule has 0 aliphatic rings. The van der Waals surface area contributed by atoms with Gasteiger partial charge in [-0.2, -0.15) is 0 Å². The summed E-state index contributed by atoms with van der Waals surface area (Å²) in [5.74, 6) is 0. The fraction of sp³-hybridized carbons (Fsp3) is 0.154. The van der Waals surface area contributed by atoms with Crippen molar-refractivity contribution in [2.24, 2.45) is 5.14 Å². The molecule has 2 aromatic rings. The molecule has 0 radical (unpaired) electrons. The predicted molar refractivity (Wildman–Crippen MR) is 80.8 cm³/mol. The third kappa shape index (κ3) is 3.38. The molecule has 0 aliphatic heterocycles. The van der Waals surface area contributed by atoms with Crippen LogP contribution in [-0.2, 0) is 16.6 Å². The van der Waals surface area contributed by atoms with E-state index in [0.717, 1.165) is 6.07 Å². The highest BCUT2D eigenvalue weighted by Gasteiger charge is 2.28. The van der Waals surface area contributed by atoms with Crippen LogP contribution in [0.1, 0.15) is 5.69 Å². The Bertz CT molecular complexity index is 793. The van der Waals surface area contributed by atoms with Crippen molar-refractivity contribution in [3.8, 4) is 0 Å². The molecule has 2 N–H and O–H groups in total. The second-order valence-corrected chi connectivity index (χ2v) is 6.13. The molecule has 0 spiro atoms. The normalized spacial score (nSPS) is 11.2. The smallest absolute Gasteiger partial charge is 0.312 e. The minimum absolute atomic E-state index is 0.155. The van der Waals surface area contributed by atoms with Crippen molar-refractivity contribution in [1.82, 2.24) is 4.98 Å². The summed E-state index contributed by atoms with van der Waals surface area (Å²) in [6.45, 7) is 0.287. The van der Waals surface area contributed by atoms with Crippen LogP contribution < -0.4 is 10.0 Å². The van der Waals surface area contributed by atoms with E-state index in [0.29, 0.717) is 5.69 Å². The van der Waals surface area contributed by atoms with Gasteiger partial charge in [-0.1, -0.05) is 12.1 Å². The largest absolute Gasteiger partial charge is 0.363 e. The summed E-state index contributed by atoms with van der Waals surface area (Å²) in [7, 11) is -2.58. The van der Waals surface area contributed by atoms with Crippen molar-refractivity contribution in [3.63, 3.8) is 0 Å². The van der Waals surface area contributed by atoms with Crippen molar-refractivity contribution in [1.29, 1.82) is 0 Å². The molecular formula is C13H14N4O4S. The topological polar surface area (TPSA) is 119 Å². The molecule has 1 heterocycles. The number of sulfonamides is 1. The van der Waals surface area contributed by atoms with Gasteiger partial charge in [0, 0.05) is 13.2 Å². The van der Waals surface area contributed by atoms with E-state index in [4.69, 9.17) is 5.14 Å². The third-order valence-corrected chi connectivity index (χ3v) is 3.95. The van der Waals surface area contributed by atoms with Crippen LogP contribution >= 0.6 is 0 Å². The summed E-state index contributed by atoms with van der Waals surface area (Å²) >= 11 is 0. The Balaban J connectivity index is 2.49. The van der Waals surface area contributed by atoms with Crippen LogP contribution in [0.4, 0.5) is 11.4 Å². The van der Waals surface area contributed by atoms with Crippen LogP contribution in [0.25, 0.3) is 0 Å². The zero-order chi connectivity index (χ0) is 16.3. The predicted octanol–water partition coefficient (Wildman–Crippen LogP) is 1.27. The third-order valence-electron chi connectivity index (χ3n) is 3.00. The number of para-hydroxylation sites is 1. The Morgan fingerprint density at radius 3 is 2.55 bits per heavy atom. The number of nitro benzene ring substituents is 1. The monoisotopic (exact) mass is 322 g/mol. The van der Waals surface area contributed by atoms with E-state index in [-0.39, 0.29) is 12.2 Å². The maximum Gasteiger partial charge on any atom is 0.312 e. The Labute approximate surface area is 127 Å². The first-order chi connectivity index (χ1) is 10.3. The summed E-state index contributed by atoms with van der Waals surface area (Å²) in [6.07, 6.45) is 1.61. The Morgan fingerprint density at radius 1 is 1.27 bits per heavy atom. The molecule has 116 valence electrons. The average Bonchev–Trinajstić information content (AvgIpc) is 2.46. The van der Waals surface area contributed by atoms with Gasteiger partial charge in [-0.15, -0.1) is 0 Å². The van der Waals surface area contributed by atoms with Crippen LogP contribution in [0.2, 0.25) is 0 Å². The molecule has 1 aromatic heterocycles. The molecule has 2 rings (SSSR count). The molecule has 0 unspecified atom stereocenters. The molecule has 1 aromatic carbocycles. The van der Waals surface area contributed by atoms with Crippen LogP contribution in [-0.4, -0.2) is 25.4 Å². The zero-order valence-electron chi connectivity index (χ0n) is 11.7. The number of hydrogen-bond donors (Lipinski definition) is 1. The standard InChI is InChI=1S/C13H14N4O4S/c1-16(9-10-5-2-3-8-15-10)11-6-4-7-12(22(14,20)21)13(11)17(18)19/h2-8H,9H2,1H3,(H2,14,20,21). The van der Waals surface area contributed by atoms with Gasteiger partial charge >= 0.3 is 5.69 Å². The van der Waals surface area contributed by atoms with Crippen LogP contribution in [0.15, 0.2) is 47.5 Å². The summed E-state index contributed by atoms with van der Waals surface area (Å²) < 4.78 is 23.1. The first-order valence-electron chi connectivity index (χ1n) is 6.22. The van der Waals surface area contributed by atoms with Crippen LogP contribution in [0.5, 0.6) is 0 Å². The first-order valence-corrected chi connectivity index (χ1v) is 7.76. The summed E-state index contributed by atoms with van der Waals surface area (Å²) in [4.78, 5) is 15.7. The number of aromatic nitrogens is 1. The highest BCUT2D eigenvalue weighted by molar-refractivity contribution is 7.89. The lowest BCUT2D eigenvalue weighted by molar-refractivity contribution is -0.387. The Morgan fingerprint density at radius 2 is 2.00 bits per heavy atom. The Kier molecular flexibility index (Phi) is 4.38. The van der Waals surface area contributed by atoms with Crippen molar-refractivity contribution in [3.05, 3.63) is 58.4 Å². The summed E-state index contributed by atoms with van der Waals surface area (Å²) in [5.41, 5.74) is 0.311. The molecule has 8 nitrogen and oxygen atoms in total. The molecule has 9 heteroatoms. The minimum atomic E-state index is -4.19. The number of nitro groups is 1. The number of pyridine rings is 1. The van der Waals surface area contributed by atoms with Gasteiger partial charge < -0.3 is 4.90 Å². The van der Waals surface area contributed by atoms with E-state index in [1.165, 1.54) is 12.1 Å². The average molecular weight is 322 g/mol. The van der Waals surface area contributed by atoms with Gasteiger partial charge in [0.1, 0.15) is 5.69 Å². The number of primary sulfonamides is 1. The number of hydrogen-bond acceptors (Lipinski definition) is 6. The molecule has 0 atom stereocenters. The van der Waals surface area contributed by atoms with E-state index in [1.54, 1.807) is 36.3 Å². The first kappa shape index (κ1) is 15.9. The molecule has 0 saturated heterocycles. The number of rotatable bonds is 5. The van der Waals surface area contributed by atoms with Gasteiger partial charge in [-0.05, 0) is 24.3 Å². The van der Waals surface area contributed by atoms with Crippen LogP contribution in [0.3, 0.4) is 0 Å². The molecule has 22 heavy (non-hydrogen) atoms. The molecule has 0 saturated carbocycles. The minimum Gasteiger partial charge on any atom is -0.363 e. The summed E-state index contributed by atoms with van der Waals surface area (Å²) in [6, 6.07) is 9.32. The molecule has 0 bridgehead atoms. The number of anilines is 1. The second kappa shape index (κ2) is 6.08. The van der Waals surface area contributed by atoms with E-state index >= 15 is 0 Å². The van der Waals surface area contributed by atoms with Gasteiger partial charge in [0.25, 0.3) is 0 Å². The lowest BCUT2D eigenvalue weighted by Crippen LogP contribution is -2.21. The molecule has 0 fully saturated rings. The maximum absolute atomic E-state index is 11.5. The van der Waals surface area contributed by atoms with Crippen molar-refractivity contribution < 1.29 is 13.3 Å². The van der Waals surface area contributed by atoms with E-state index < -0.39 is 25.5 Å². The quantitative estimate of drug-likeness (QED) is 0.654. The molecular weight excluding hydrogens is 308 g/mol. The highest BCUT2D eigenvalue weighted by Crippen LogP contribution is 2.33. The number of nitrogens with two attached hydrogens (primary N) is 1. The number of benzene rings is 1. The van der Waals surface area contributed by atoms with Gasteiger partial charge in [0.05, 0.1) is 17.2 Å². The molecule has 0 amide bonds. The van der Waals surface area contributed by atoms with Gasteiger partial charge in [0.15, 0.2) is 4.90 Å². The fourth-order valence-corrected chi connectivity index (χ4v) is 2.77. The van der Waals surface area contributed by atoms with Gasteiger partial charge in [-0.25, -0.2) is 13.6 Å². The number of nitrogens with zero attached hydrogens (tertiary/aromatic N) is 3. The van der Waals surface area contributed by atoms with Crippen molar-refractivity contribution >= 4 is 21.4 Å². The van der Waals surface area contributed by atoms with Gasteiger partial charge in [-0.3, -0.25) is 15.1 Å². The van der Waals surface area contributed by atoms with Gasteiger partial charge in [0.2, 0.25) is 10.0 Å².